The van der Waals surface area contributed by atoms with Gasteiger partial charge < -0.3 is 10.2 Å². The van der Waals surface area contributed by atoms with Gasteiger partial charge in [-0.25, -0.2) is 13.1 Å². The van der Waals surface area contributed by atoms with E-state index >= 15 is 0 Å². The molecule has 8 heteroatoms. The topological polar surface area (TPSA) is 95.6 Å². The van der Waals surface area contributed by atoms with Crippen LogP contribution >= 0.6 is 0 Å². The molecular formula is C20H29N3O4S. The van der Waals surface area contributed by atoms with Crippen molar-refractivity contribution in [1.29, 1.82) is 0 Å². The number of nitrogens with zero attached hydrogens (tertiary/aromatic N) is 1. The monoisotopic (exact) mass is 407 g/mol. The first-order chi connectivity index (χ1) is 13.3. The highest BCUT2D eigenvalue weighted by Crippen LogP contribution is 2.28. The van der Waals surface area contributed by atoms with Crippen LogP contribution in [0.15, 0.2) is 29.2 Å². The van der Waals surface area contributed by atoms with Crippen LogP contribution in [0.3, 0.4) is 0 Å². The molecule has 2 N–H and O–H groups in total. The van der Waals surface area contributed by atoms with E-state index in [-0.39, 0.29) is 28.7 Å². The highest BCUT2D eigenvalue weighted by Gasteiger charge is 2.27. The third-order valence-corrected chi connectivity index (χ3v) is 6.72. The number of hydrogen-bond acceptors (Lipinski definition) is 4. The predicted molar refractivity (Wildman–Crippen MR) is 106 cm³/mol. The van der Waals surface area contributed by atoms with E-state index in [1.54, 1.807) is 12.1 Å². The average Bonchev–Trinajstić information content (AvgIpc) is 3.51. The van der Waals surface area contributed by atoms with Crippen LogP contribution in [-0.4, -0.2) is 50.8 Å². The molecule has 1 aromatic rings. The van der Waals surface area contributed by atoms with Crippen LogP contribution in [0, 0.1) is 11.8 Å². The second kappa shape index (κ2) is 8.61. The maximum Gasteiger partial charge on any atom is 0.251 e. The molecule has 0 unspecified atom stereocenters. The zero-order valence-corrected chi connectivity index (χ0v) is 17.3. The Balaban J connectivity index is 1.57. The van der Waals surface area contributed by atoms with E-state index in [1.165, 1.54) is 12.1 Å². The standard InChI is InChI=1S/C20H29N3O4S/c1-14(2)20(25)23-10-8-17(9-11-23)22-19(24)16-4-3-5-18(12-16)28(26,27)21-13-15-6-7-15/h3-5,12,14-15,17,21H,6-11,13H2,1-2H3,(H,22,24). The first kappa shape index (κ1) is 20.8. The number of sulfonamides is 1. The van der Waals surface area contributed by atoms with Gasteiger partial charge in [-0.2, -0.15) is 0 Å². The van der Waals surface area contributed by atoms with Crippen molar-refractivity contribution in [1.82, 2.24) is 14.9 Å². The molecule has 1 saturated heterocycles. The number of carbonyl (C=O) groups excluding carboxylic acids is 2. The minimum absolute atomic E-state index is 0.0167. The van der Waals surface area contributed by atoms with E-state index in [4.69, 9.17) is 0 Å². The fourth-order valence-corrected chi connectivity index (χ4v) is 4.48. The first-order valence-electron chi connectivity index (χ1n) is 9.95. The number of nitrogens with one attached hydrogen (secondary N) is 2. The highest BCUT2D eigenvalue weighted by molar-refractivity contribution is 7.89. The largest absolute Gasteiger partial charge is 0.349 e. The summed E-state index contributed by atoms with van der Waals surface area (Å²) in [5.41, 5.74) is 0.329. The number of benzene rings is 1. The van der Waals surface area contributed by atoms with Crippen molar-refractivity contribution in [3.05, 3.63) is 29.8 Å². The van der Waals surface area contributed by atoms with Crippen LogP contribution in [0.25, 0.3) is 0 Å². The van der Waals surface area contributed by atoms with Gasteiger partial charge in [-0.3, -0.25) is 9.59 Å². The van der Waals surface area contributed by atoms with E-state index < -0.39 is 10.0 Å². The Morgan fingerprint density at radius 3 is 2.43 bits per heavy atom. The number of hydrogen-bond donors (Lipinski definition) is 2. The predicted octanol–water partition coefficient (Wildman–Crippen LogP) is 1.75. The minimum Gasteiger partial charge on any atom is -0.349 e. The summed E-state index contributed by atoms with van der Waals surface area (Å²) in [6, 6.07) is 6.11. The van der Waals surface area contributed by atoms with Crippen LogP contribution in [0.5, 0.6) is 0 Å². The van der Waals surface area contributed by atoms with E-state index in [2.05, 4.69) is 10.0 Å². The number of amides is 2. The van der Waals surface area contributed by atoms with Gasteiger partial charge in [0.1, 0.15) is 0 Å². The first-order valence-corrected chi connectivity index (χ1v) is 11.4. The maximum atomic E-state index is 12.6. The van der Waals surface area contributed by atoms with Crippen LogP contribution in [0.2, 0.25) is 0 Å². The quantitative estimate of drug-likeness (QED) is 0.720. The Morgan fingerprint density at radius 2 is 1.82 bits per heavy atom. The molecule has 1 aromatic carbocycles. The number of piperidine rings is 1. The molecular weight excluding hydrogens is 378 g/mol. The lowest BCUT2D eigenvalue weighted by Crippen LogP contribution is -2.47. The van der Waals surface area contributed by atoms with Crippen LogP contribution in [0.1, 0.15) is 49.9 Å². The van der Waals surface area contributed by atoms with Crippen molar-refractivity contribution in [2.45, 2.75) is 50.5 Å². The lowest BCUT2D eigenvalue weighted by Gasteiger charge is -2.33. The molecule has 3 rings (SSSR count). The minimum atomic E-state index is -3.60. The van der Waals surface area contributed by atoms with Crippen molar-refractivity contribution in [3.8, 4) is 0 Å². The third-order valence-electron chi connectivity index (χ3n) is 5.30. The van der Waals surface area contributed by atoms with Crippen molar-refractivity contribution in [3.63, 3.8) is 0 Å². The van der Waals surface area contributed by atoms with Gasteiger partial charge in [0.25, 0.3) is 5.91 Å². The van der Waals surface area contributed by atoms with Crippen LogP contribution in [0.4, 0.5) is 0 Å². The van der Waals surface area contributed by atoms with E-state index in [1.807, 2.05) is 18.7 Å². The molecule has 0 spiro atoms. The third kappa shape index (κ3) is 5.32. The van der Waals surface area contributed by atoms with Crippen molar-refractivity contribution < 1.29 is 18.0 Å². The Kier molecular flexibility index (Phi) is 6.40. The summed E-state index contributed by atoms with van der Waals surface area (Å²) in [7, 11) is -3.60. The van der Waals surface area contributed by atoms with Gasteiger partial charge in [-0.05, 0) is 49.8 Å². The molecule has 0 aromatic heterocycles. The second-order valence-corrected chi connectivity index (χ2v) is 9.82. The number of likely N-dealkylation sites (tertiary alicyclic amines) is 1. The zero-order valence-electron chi connectivity index (χ0n) is 16.5. The van der Waals surface area contributed by atoms with Crippen molar-refractivity contribution in [2.75, 3.05) is 19.6 Å². The molecule has 154 valence electrons. The summed E-state index contributed by atoms with van der Waals surface area (Å²) >= 11 is 0. The summed E-state index contributed by atoms with van der Waals surface area (Å²) in [5, 5.41) is 2.97. The summed E-state index contributed by atoms with van der Waals surface area (Å²) in [4.78, 5) is 26.6. The van der Waals surface area contributed by atoms with E-state index in [9.17, 15) is 18.0 Å². The SMILES string of the molecule is CC(C)C(=O)N1CCC(NC(=O)c2cccc(S(=O)(=O)NCC3CC3)c2)CC1. The lowest BCUT2D eigenvalue weighted by molar-refractivity contribution is -0.135. The molecule has 0 bridgehead atoms. The van der Waals surface area contributed by atoms with Gasteiger partial charge in [-0.15, -0.1) is 0 Å². The van der Waals surface area contributed by atoms with Crippen LogP contribution in [-0.2, 0) is 14.8 Å². The van der Waals surface area contributed by atoms with Gasteiger partial charge in [0.2, 0.25) is 15.9 Å². The van der Waals surface area contributed by atoms with Gasteiger partial charge in [0, 0.05) is 37.2 Å². The molecule has 7 nitrogen and oxygen atoms in total. The molecule has 28 heavy (non-hydrogen) atoms. The van der Waals surface area contributed by atoms with Gasteiger partial charge in [0.15, 0.2) is 0 Å². The summed E-state index contributed by atoms with van der Waals surface area (Å²) < 4.78 is 27.4. The van der Waals surface area contributed by atoms with Gasteiger partial charge >= 0.3 is 0 Å². The van der Waals surface area contributed by atoms with E-state index in [0.717, 1.165) is 12.8 Å². The molecule has 1 heterocycles. The normalized spacial score (nSPS) is 18.3. The second-order valence-electron chi connectivity index (χ2n) is 8.05. The Bertz CT molecular complexity index is 826. The molecule has 1 saturated carbocycles. The molecule has 0 radical (unpaired) electrons. The molecule has 2 fully saturated rings. The smallest absolute Gasteiger partial charge is 0.251 e. The zero-order chi connectivity index (χ0) is 20.3. The molecule has 0 atom stereocenters. The fraction of sp³-hybridized carbons (Fsp3) is 0.600. The molecule has 1 aliphatic carbocycles. The van der Waals surface area contributed by atoms with E-state index in [0.29, 0.717) is 44.0 Å². The highest BCUT2D eigenvalue weighted by atomic mass is 32.2. The fourth-order valence-electron chi connectivity index (χ4n) is 3.32. The summed E-state index contributed by atoms with van der Waals surface area (Å²) in [6.45, 7) is 5.48. The maximum absolute atomic E-state index is 12.6. The lowest BCUT2D eigenvalue weighted by atomic mass is 10.0. The van der Waals surface area contributed by atoms with Crippen molar-refractivity contribution in [2.24, 2.45) is 11.8 Å². The molecule has 1 aliphatic heterocycles. The Morgan fingerprint density at radius 1 is 1.14 bits per heavy atom. The summed E-state index contributed by atoms with van der Waals surface area (Å²) in [5.74, 6) is 0.272. The Labute approximate surface area is 166 Å². The van der Waals surface area contributed by atoms with Gasteiger partial charge in [-0.1, -0.05) is 19.9 Å². The Hall–Kier alpha value is -1.93. The average molecular weight is 408 g/mol. The van der Waals surface area contributed by atoms with Crippen molar-refractivity contribution >= 4 is 21.8 Å². The molecule has 2 amide bonds. The van der Waals surface area contributed by atoms with Gasteiger partial charge in [0.05, 0.1) is 4.90 Å². The van der Waals surface area contributed by atoms with Crippen LogP contribution < -0.4 is 10.0 Å². The number of carbonyl (C=O) groups is 2. The molecule has 2 aliphatic rings. The number of rotatable bonds is 7. The summed E-state index contributed by atoms with van der Waals surface area (Å²) in [6.07, 6.45) is 3.52.